The van der Waals surface area contributed by atoms with Crippen molar-refractivity contribution < 1.29 is 0 Å². The fourth-order valence-electron chi connectivity index (χ4n) is 2.25. The van der Waals surface area contributed by atoms with Gasteiger partial charge in [0, 0.05) is 0 Å². The van der Waals surface area contributed by atoms with E-state index in [4.69, 9.17) is 0 Å². The first-order chi connectivity index (χ1) is 16.0. The summed E-state index contributed by atoms with van der Waals surface area (Å²) in [5, 5.41) is 3.02. The van der Waals surface area contributed by atoms with E-state index >= 15 is 0 Å². The maximum Gasteiger partial charge on any atom is -0.00245 e. The largest absolute Gasteiger partial charge is 0.320 e. The van der Waals surface area contributed by atoms with Crippen LogP contribution in [0, 0.1) is 0 Å². The van der Waals surface area contributed by atoms with E-state index in [0.29, 0.717) is 0 Å². The molecule has 1 aromatic carbocycles. The molecule has 0 aromatic heterocycles. The summed E-state index contributed by atoms with van der Waals surface area (Å²) in [7, 11) is 4.10. The molecule has 0 radical (unpaired) electrons. The second kappa shape index (κ2) is 33.8. The van der Waals surface area contributed by atoms with Crippen LogP contribution in [-0.4, -0.2) is 38.6 Å². The third-order valence-electron chi connectivity index (χ3n) is 4.61. The monoisotopic (exact) mass is 479 g/mol. The van der Waals surface area contributed by atoms with Crippen molar-refractivity contribution in [3.05, 3.63) is 60.7 Å². The van der Waals surface area contributed by atoms with E-state index in [0.717, 1.165) is 13.0 Å². The number of hydrogen-bond acceptors (Lipinski definition) is 2. The predicted molar refractivity (Wildman–Crippen MR) is 165 cm³/mol. The maximum absolute atomic E-state index is 3.67. The third-order valence-corrected chi connectivity index (χ3v) is 4.61. The minimum atomic E-state index is 0.282. The molecule has 0 aliphatic heterocycles. The van der Waals surface area contributed by atoms with Crippen LogP contribution in [-0.2, 0) is 11.8 Å². The Morgan fingerprint density at radius 2 is 1.32 bits per heavy atom. The average Bonchev–Trinajstić information content (AvgIpc) is 2.83. The standard InChI is InChI=1S/C13H20.C6H15N.C5H10.C4H11N.C2H6.C2H4/c1-5-6-11-7-9-12(10-8-11)13(2,3)4;1-4-6-7(3)5-2;1-4-5(2)3;1-3-4-5-2;2*1-2/h7-10H,5-6H2,1-4H3;4-6H2,1-3H3;2,4H2,1,3H3;5H,3-4H2,1-2H3;1-2H3;1-2H2. The molecule has 0 saturated carbocycles. The van der Waals surface area contributed by atoms with Crippen molar-refractivity contribution in [3.63, 3.8) is 0 Å². The van der Waals surface area contributed by atoms with Crippen LogP contribution in [0.4, 0.5) is 0 Å². The van der Waals surface area contributed by atoms with E-state index in [1.54, 1.807) is 0 Å². The minimum absolute atomic E-state index is 0.282. The number of benzene rings is 1. The summed E-state index contributed by atoms with van der Waals surface area (Å²) in [6, 6.07) is 9.02. The molecule has 0 unspecified atom stereocenters. The Balaban J connectivity index is -0.000000114. The zero-order valence-electron chi connectivity index (χ0n) is 26.0. The van der Waals surface area contributed by atoms with Gasteiger partial charge in [-0.05, 0) is 82.9 Å². The molecule has 204 valence electrons. The van der Waals surface area contributed by atoms with Crippen molar-refractivity contribution in [1.29, 1.82) is 0 Å². The van der Waals surface area contributed by atoms with Crippen molar-refractivity contribution in [3.8, 4) is 0 Å². The summed E-state index contributed by atoms with van der Waals surface area (Å²) >= 11 is 0. The second-order valence-corrected chi connectivity index (χ2v) is 9.01. The molecule has 0 heterocycles. The highest BCUT2D eigenvalue weighted by atomic mass is 15.1. The maximum atomic E-state index is 3.67. The van der Waals surface area contributed by atoms with E-state index in [9.17, 15) is 0 Å². The Morgan fingerprint density at radius 3 is 1.50 bits per heavy atom. The van der Waals surface area contributed by atoms with Gasteiger partial charge in [0.1, 0.15) is 0 Å². The van der Waals surface area contributed by atoms with Gasteiger partial charge in [-0.15, -0.1) is 19.7 Å². The minimum Gasteiger partial charge on any atom is -0.320 e. The number of rotatable bonds is 8. The lowest BCUT2D eigenvalue weighted by Crippen LogP contribution is -2.17. The van der Waals surface area contributed by atoms with Gasteiger partial charge in [0.05, 0.1) is 0 Å². The molecule has 0 fully saturated rings. The van der Waals surface area contributed by atoms with Crippen molar-refractivity contribution in [2.24, 2.45) is 0 Å². The molecule has 1 rings (SSSR count). The van der Waals surface area contributed by atoms with Gasteiger partial charge in [-0.25, -0.2) is 0 Å². The zero-order valence-corrected chi connectivity index (χ0v) is 26.0. The van der Waals surface area contributed by atoms with Crippen molar-refractivity contribution in [1.82, 2.24) is 10.2 Å². The Kier molecular flexibility index (Phi) is 42.5. The molecule has 1 N–H and O–H groups in total. The summed E-state index contributed by atoms with van der Waals surface area (Å²) < 4.78 is 0. The molecule has 0 bridgehead atoms. The third kappa shape index (κ3) is 37.9. The molecular formula is C32H66N2. The molecule has 34 heavy (non-hydrogen) atoms. The van der Waals surface area contributed by atoms with Gasteiger partial charge < -0.3 is 10.2 Å². The number of hydrogen-bond donors (Lipinski definition) is 1. The SMILES string of the molecule is C=C.C=C(C)CC.CC.CCCN(C)CC.CCCNC.CCCc1ccc(C(C)(C)C)cc1. The fourth-order valence-corrected chi connectivity index (χ4v) is 2.25. The van der Waals surface area contributed by atoms with E-state index in [1.807, 2.05) is 27.8 Å². The predicted octanol–water partition coefficient (Wildman–Crippen LogP) is 9.70. The van der Waals surface area contributed by atoms with Crippen LogP contribution in [0.15, 0.2) is 49.6 Å². The topological polar surface area (TPSA) is 15.3 Å². The quantitative estimate of drug-likeness (QED) is 0.374. The van der Waals surface area contributed by atoms with Gasteiger partial charge in [0.25, 0.3) is 0 Å². The van der Waals surface area contributed by atoms with Gasteiger partial charge in [-0.2, -0.15) is 0 Å². The van der Waals surface area contributed by atoms with E-state index in [2.05, 4.69) is 117 Å². The molecule has 0 aliphatic rings. The summed E-state index contributed by atoms with van der Waals surface area (Å²) in [6.07, 6.45) is 6.04. The van der Waals surface area contributed by atoms with Gasteiger partial charge in [0.2, 0.25) is 0 Å². The van der Waals surface area contributed by atoms with Gasteiger partial charge >= 0.3 is 0 Å². The molecule has 0 aliphatic carbocycles. The molecule has 2 heteroatoms. The molecule has 0 spiro atoms. The van der Waals surface area contributed by atoms with E-state index in [1.165, 1.54) is 55.5 Å². The number of nitrogens with zero attached hydrogens (tertiary/aromatic N) is 1. The Bertz CT molecular complexity index is 481. The Morgan fingerprint density at radius 1 is 0.882 bits per heavy atom. The highest BCUT2D eigenvalue weighted by molar-refractivity contribution is 5.27. The van der Waals surface area contributed by atoms with Gasteiger partial charge in [0.15, 0.2) is 0 Å². The van der Waals surface area contributed by atoms with Crippen LogP contribution >= 0.6 is 0 Å². The van der Waals surface area contributed by atoms with Crippen molar-refractivity contribution in [2.45, 2.75) is 114 Å². The molecule has 2 nitrogen and oxygen atoms in total. The molecule has 0 saturated heterocycles. The average molecular weight is 479 g/mol. The molecular weight excluding hydrogens is 412 g/mol. The lowest BCUT2D eigenvalue weighted by atomic mass is 9.86. The molecule has 0 amide bonds. The highest BCUT2D eigenvalue weighted by Gasteiger charge is 2.12. The van der Waals surface area contributed by atoms with E-state index in [-0.39, 0.29) is 5.41 Å². The normalized spacial score (nSPS) is 9.24. The number of allylic oxidation sites excluding steroid dienone is 1. The first kappa shape index (κ1) is 42.8. The molecule has 1 aromatic rings. The van der Waals surface area contributed by atoms with Crippen LogP contribution in [0.1, 0.15) is 113 Å². The van der Waals surface area contributed by atoms with Gasteiger partial charge in [-0.1, -0.05) is 105 Å². The highest BCUT2D eigenvalue weighted by Crippen LogP contribution is 2.22. The lowest BCUT2D eigenvalue weighted by molar-refractivity contribution is 0.353. The van der Waals surface area contributed by atoms with E-state index < -0.39 is 0 Å². The number of aryl methyl sites for hydroxylation is 1. The fraction of sp³-hybridized carbons (Fsp3) is 0.688. The first-order valence-electron chi connectivity index (χ1n) is 13.6. The van der Waals surface area contributed by atoms with Crippen LogP contribution in [0.5, 0.6) is 0 Å². The van der Waals surface area contributed by atoms with Crippen LogP contribution in [0.25, 0.3) is 0 Å². The van der Waals surface area contributed by atoms with Crippen LogP contribution in [0.3, 0.4) is 0 Å². The second-order valence-electron chi connectivity index (χ2n) is 9.01. The summed E-state index contributed by atoms with van der Waals surface area (Å²) in [5.41, 5.74) is 4.41. The van der Waals surface area contributed by atoms with Crippen molar-refractivity contribution >= 4 is 0 Å². The summed E-state index contributed by atoms with van der Waals surface area (Å²) in [5.74, 6) is 0. The summed E-state index contributed by atoms with van der Waals surface area (Å²) in [6.45, 7) is 36.8. The van der Waals surface area contributed by atoms with Crippen LogP contribution < -0.4 is 5.32 Å². The first-order valence-corrected chi connectivity index (χ1v) is 13.6. The van der Waals surface area contributed by atoms with Crippen LogP contribution in [0.2, 0.25) is 0 Å². The lowest BCUT2D eigenvalue weighted by Gasteiger charge is -2.19. The zero-order chi connectivity index (χ0) is 28.0. The Hall–Kier alpha value is -1.38. The van der Waals surface area contributed by atoms with Gasteiger partial charge in [-0.3, -0.25) is 0 Å². The Labute approximate surface area is 218 Å². The molecule has 0 atom stereocenters. The smallest absolute Gasteiger partial charge is 0.00245 e. The van der Waals surface area contributed by atoms with Crippen molar-refractivity contribution in [2.75, 3.05) is 33.7 Å². The summed E-state index contributed by atoms with van der Waals surface area (Å²) in [4.78, 5) is 2.31. The number of nitrogens with one attached hydrogen (secondary N) is 1.